The van der Waals surface area contributed by atoms with E-state index in [1.54, 1.807) is 37.5 Å². The van der Waals surface area contributed by atoms with Gasteiger partial charge in [0.25, 0.3) is 5.91 Å². The summed E-state index contributed by atoms with van der Waals surface area (Å²) in [7, 11) is 0. The maximum atomic E-state index is 13.3. The van der Waals surface area contributed by atoms with Gasteiger partial charge in [-0.05, 0) is 61.4 Å². The Balaban J connectivity index is 1.38. The highest BCUT2D eigenvalue weighted by Crippen LogP contribution is 2.25. The molecular formula is C26H22ClFN4O3. The van der Waals surface area contributed by atoms with Gasteiger partial charge in [-0.1, -0.05) is 23.7 Å². The van der Waals surface area contributed by atoms with E-state index >= 15 is 0 Å². The third kappa shape index (κ3) is 6.30. The molecular weight excluding hydrogens is 471 g/mol. The molecule has 0 spiro atoms. The lowest BCUT2D eigenvalue weighted by Gasteiger charge is -2.06. The van der Waals surface area contributed by atoms with Crippen molar-refractivity contribution < 1.29 is 18.4 Å². The normalized spacial score (nSPS) is 10.7. The van der Waals surface area contributed by atoms with Crippen LogP contribution < -0.4 is 10.6 Å². The van der Waals surface area contributed by atoms with Gasteiger partial charge in [0.05, 0.1) is 11.6 Å². The fraction of sp³-hybridized carbons (Fsp3) is 0.154. The summed E-state index contributed by atoms with van der Waals surface area (Å²) in [4.78, 5) is 33.3. The maximum Gasteiger partial charge on any atom is 0.251 e. The number of benzene rings is 2. The highest BCUT2D eigenvalue weighted by molar-refractivity contribution is 6.31. The molecule has 0 bridgehead atoms. The van der Waals surface area contributed by atoms with E-state index in [9.17, 15) is 14.0 Å². The number of amides is 2. The second-order valence-electron chi connectivity index (χ2n) is 7.82. The minimum absolute atomic E-state index is 0.112. The molecule has 0 saturated heterocycles. The van der Waals surface area contributed by atoms with Gasteiger partial charge in [0.1, 0.15) is 17.3 Å². The standard InChI is InChI=1S/C26H22ClFN4O3/c1-16-23(15-30-25(34)18-8-9-22(28)21(27)13-18)32-26(35-16)19-5-2-6-20(12-19)31-24(33)10-7-17-4-3-11-29-14-17/h2-6,8-9,11-14H,7,10,15H2,1H3,(H,30,34)(H,31,33). The van der Waals surface area contributed by atoms with Gasteiger partial charge in [0, 0.05) is 35.6 Å². The zero-order valence-electron chi connectivity index (χ0n) is 18.8. The Kier molecular flexibility index (Phi) is 7.52. The van der Waals surface area contributed by atoms with E-state index in [0.29, 0.717) is 41.4 Å². The number of nitrogens with zero attached hydrogens (tertiary/aromatic N) is 2. The van der Waals surface area contributed by atoms with Gasteiger partial charge in [-0.25, -0.2) is 9.37 Å². The van der Waals surface area contributed by atoms with Crippen molar-refractivity contribution in [1.29, 1.82) is 0 Å². The molecule has 4 rings (SSSR count). The van der Waals surface area contributed by atoms with Crippen molar-refractivity contribution >= 4 is 29.1 Å². The van der Waals surface area contributed by atoms with Crippen molar-refractivity contribution in [3.8, 4) is 11.5 Å². The van der Waals surface area contributed by atoms with E-state index in [1.807, 2.05) is 18.2 Å². The maximum absolute atomic E-state index is 13.3. The number of nitrogens with one attached hydrogen (secondary N) is 2. The number of anilines is 1. The highest BCUT2D eigenvalue weighted by Gasteiger charge is 2.15. The lowest BCUT2D eigenvalue weighted by atomic mass is 10.1. The van der Waals surface area contributed by atoms with E-state index in [0.717, 1.165) is 11.6 Å². The molecule has 2 aromatic heterocycles. The first-order valence-corrected chi connectivity index (χ1v) is 11.3. The molecule has 2 aromatic carbocycles. The second kappa shape index (κ2) is 10.9. The van der Waals surface area contributed by atoms with E-state index in [1.165, 1.54) is 12.1 Å². The van der Waals surface area contributed by atoms with Crippen LogP contribution in [-0.4, -0.2) is 21.8 Å². The molecule has 2 heterocycles. The molecule has 9 heteroatoms. The van der Waals surface area contributed by atoms with Crippen LogP contribution >= 0.6 is 11.6 Å². The number of rotatable bonds is 8. The number of aromatic nitrogens is 2. The Morgan fingerprint density at radius 3 is 2.74 bits per heavy atom. The predicted molar refractivity (Wildman–Crippen MR) is 130 cm³/mol. The van der Waals surface area contributed by atoms with E-state index in [4.69, 9.17) is 16.0 Å². The van der Waals surface area contributed by atoms with Crippen LogP contribution in [0.2, 0.25) is 5.02 Å². The summed E-state index contributed by atoms with van der Waals surface area (Å²) < 4.78 is 19.1. The molecule has 4 aromatic rings. The zero-order chi connectivity index (χ0) is 24.8. The van der Waals surface area contributed by atoms with Crippen LogP contribution in [0.25, 0.3) is 11.5 Å². The third-order valence-electron chi connectivity index (χ3n) is 5.25. The quantitative estimate of drug-likeness (QED) is 0.346. The highest BCUT2D eigenvalue weighted by atomic mass is 35.5. The SMILES string of the molecule is Cc1oc(-c2cccc(NC(=O)CCc3cccnc3)c2)nc1CNC(=O)c1ccc(F)c(Cl)c1. The Labute approximate surface area is 206 Å². The minimum Gasteiger partial charge on any atom is -0.441 e. The molecule has 0 radical (unpaired) electrons. The topological polar surface area (TPSA) is 97.1 Å². The summed E-state index contributed by atoms with van der Waals surface area (Å²) in [5, 5.41) is 5.49. The summed E-state index contributed by atoms with van der Waals surface area (Å²) in [6.07, 6.45) is 4.36. The number of aryl methyl sites for hydroxylation is 2. The van der Waals surface area contributed by atoms with Gasteiger partial charge >= 0.3 is 0 Å². The molecule has 2 N–H and O–H groups in total. The first kappa shape index (κ1) is 24.1. The van der Waals surface area contributed by atoms with Crippen LogP contribution in [0.1, 0.15) is 33.8 Å². The number of carbonyl (C=O) groups is 2. The Morgan fingerprint density at radius 1 is 1.11 bits per heavy atom. The van der Waals surface area contributed by atoms with Gasteiger partial charge in [0.2, 0.25) is 11.8 Å². The molecule has 0 fully saturated rings. The summed E-state index contributed by atoms with van der Waals surface area (Å²) in [5.74, 6) is -0.204. The summed E-state index contributed by atoms with van der Waals surface area (Å²) in [6.45, 7) is 1.87. The number of pyridine rings is 1. The van der Waals surface area contributed by atoms with Crippen LogP contribution in [0.5, 0.6) is 0 Å². The van der Waals surface area contributed by atoms with E-state index in [2.05, 4.69) is 20.6 Å². The smallest absolute Gasteiger partial charge is 0.251 e. The Morgan fingerprint density at radius 2 is 1.97 bits per heavy atom. The lowest BCUT2D eigenvalue weighted by Crippen LogP contribution is -2.23. The number of halogens is 2. The van der Waals surface area contributed by atoms with Crippen LogP contribution in [0.3, 0.4) is 0 Å². The van der Waals surface area contributed by atoms with E-state index < -0.39 is 11.7 Å². The number of hydrogen-bond acceptors (Lipinski definition) is 5. The largest absolute Gasteiger partial charge is 0.441 e. The number of oxazole rings is 1. The fourth-order valence-electron chi connectivity index (χ4n) is 3.38. The van der Waals surface area contributed by atoms with Crippen LogP contribution in [0, 0.1) is 12.7 Å². The monoisotopic (exact) mass is 492 g/mol. The Hall–Kier alpha value is -4.04. The van der Waals surface area contributed by atoms with Crippen LogP contribution in [0.4, 0.5) is 10.1 Å². The van der Waals surface area contributed by atoms with Gasteiger partial charge in [0.15, 0.2) is 0 Å². The van der Waals surface area contributed by atoms with Gasteiger partial charge in [-0.3, -0.25) is 14.6 Å². The number of carbonyl (C=O) groups excluding carboxylic acids is 2. The predicted octanol–water partition coefficient (Wildman–Crippen LogP) is 5.34. The van der Waals surface area contributed by atoms with Crippen LogP contribution in [-0.2, 0) is 17.8 Å². The molecule has 7 nitrogen and oxygen atoms in total. The van der Waals surface area contributed by atoms with Crippen molar-refractivity contribution in [1.82, 2.24) is 15.3 Å². The molecule has 35 heavy (non-hydrogen) atoms. The first-order valence-electron chi connectivity index (χ1n) is 10.9. The third-order valence-corrected chi connectivity index (χ3v) is 5.54. The number of hydrogen-bond donors (Lipinski definition) is 2. The molecule has 178 valence electrons. The minimum atomic E-state index is -0.591. The van der Waals surface area contributed by atoms with Crippen molar-refractivity contribution in [2.24, 2.45) is 0 Å². The first-order chi connectivity index (χ1) is 16.9. The van der Waals surface area contributed by atoms with Crippen molar-refractivity contribution in [2.75, 3.05) is 5.32 Å². The lowest BCUT2D eigenvalue weighted by molar-refractivity contribution is -0.116. The van der Waals surface area contributed by atoms with Crippen molar-refractivity contribution in [2.45, 2.75) is 26.3 Å². The van der Waals surface area contributed by atoms with Crippen molar-refractivity contribution in [3.63, 3.8) is 0 Å². The summed E-state index contributed by atoms with van der Waals surface area (Å²) in [5.41, 5.74) is 3.09. The second-order valence-corrected chi connectivity index (χ2v) is 8.23. The van der Waals surface area contributed by atoms with Crippen molar-refractivity contribution in [3.05, 3.63) is 100 Å². The molecule has 0 atom stereocenters. The Bertz CT molecular complexity index is 1360. The average Bonchev–Trinajstić information content (AvgIpc) is 3.24. The molecule has 0 unspecified atom stereocenters. The van der Waals surface area contributed by atoms with Crippen LogP contribution in [0.15, 0.2) is 71.4 Å². The average molecular weight is 493 g/mol. The zero-order valence-corrected chi connectivity index (χ0v) is 19.6. The summed E-state index contributed by atoms with van der Waals surface area (Å²) >= 11 is 5.75. The van der Waals surface area contributed by atoms with E-state index in [-0.39, 0.29) is 23.0 Å². The van der Waals surface area contributed by atoms with Gasteiger partial charge in [-0.15, -0.1) is 0 Å². The van der Waals surface area contributed by atoms with Gasteiger partial charge < -0.3 is 15.1 Å². The molecule has 0 aliphatic carbocycles. The molecule has 0 aliphatic heterocycles. The fourth-order valence-corrected chi connectivity index (χ4v) is 3.56. The van der Waals surface area contributed by atoms with Gasteiger partial charge in [-0.2, -0.15) is 0 Å². The molecule has 0 aliphatic rings. The summed E-state index contributed by atoms with van der Waals surface area (Å²) in [6, 6.07) is 14.7. The molecule has 0 saturated carbocycles. The molecule has 2 amide bonds.